The van der Waals surface area contributed by atoms with Crippen LogP contribution in [0.5, 0.6) is 0 Å². The number of ether oxygens (including phenoxy) is 4. The van der Waals surface area contributed by atoms with Gasteiger partial charge in [0.25, 0.3) is 11.6 Å². The van der Waals surface area contributed by atoms with E-state index in [-0.39, 0.29) is 28.2 Å². The fraction of sp³-hybridized carbons (Fsp3) is 0.158. The molecule has 0 aliphatic carbocycles. The van der Waals surface area contributed by atoms with Crippen molar-refractivity contribution in [3.8, 4) is 0 Å². The molecule has 1 aliphatic heterocycles. The van der Waals surface area contributed by atoms with Crippen molar-refractivity contribution in [2.45, 2.75) is 37.6 Å². The average Bonchev–Trinajstić information content (AvgIpc) is 3.52. The summed E-state index contributed by atoms with van der Waals surface area (Å²) in [7, 11) is 0. The van der Waals surface area contributed by atoms with E-state index in [1.54, 1.807) is 66.7 Å². The standard InChI is InChI=1S/C38H30N4O11/c1-23(50-35(44)27-17-19-28(20-18-27)42(48)49)30-31(52-36(45)25-13-7-3-8-14-25)32(53-37(46)26-15-9-4-10-16-26)34(51-30)41-22-21-29(40-38(41)47)39-33(43)24-11-5-2-6-12-24/h2-23,30-32,34H,1H3,(H,39,40,43,47)/t23?,30-,31-,32-,34-/m1/s1. The second-order valence-corrected chi connectivity index (χ2v) is 11.7. The minimum Gasteiger partial charge on any atom is -0.456 e. The quantitative estimate of drug-likeness (QED) is 0.0832. The molecule has 1 unspecified atom stereocenters. The van der Waals surface area contributed by atoms with Crippen molar-refractivity contribution in [1.82, 2.24) is 9.55 Å². The molecule has 1 fully saturated rings. The van der Waals surface area contributed by atoms with Crippen LogP contribution in [0, 0.1) is 10.1 Å². The fourth-order valence-electron chi connectivity index (χ4n) is 5.54. The first kappa shape index (κ1) is 35.8. The molecule has 1 N–H and O–H groups in total. The van der Waals surface area contributed by atoms with E-state index < -0.39 is 65.1 Å². The first-order valence-corrected chi connectivity index (χ1v) is 16.2. The minimum absolute atomic E-state index is 0.0181. The Hall–Kier alpha value is -7.00. The molecule has 1 aromatic heterocycles. The topological polar surface area (TPSA) is 195 Å². The highest BCUT2D eigenvalue weighted by molar-refractivity contribution is 6.03. The van der Waals surface area contributed by atoms with Gasteiger partial charge in [0, 0.05) is 23.9 Å². The van der Waals surface area contributed by atoms with Crippen LogP contribution in [0.15, 0.2) is 132 Å². The number of nitro groups is 1. The van der Waals surface area contributed by atoms with E-state index in [2.05, 4.69) is 10.3 Å². The van der Waals surface area contributed by atoms with E-state index in [0.29, 0.717) is 5.56 Å². The van der Waals surface area contributed by atoms with E-state index in [1.165, 1.54) is 55.6 Å². The second-order valence-electron chi connectivity index (χ2n) is 11.7. The third-order valence-corrected chi connectivity index (χ3v) is 8.18. The Kier molecular flexibility index (Phi) is 10.8. The molecule has 15 nitrogen and oxygen atoms in total. The Morgan fingerprint density at radius 3 is 1.77 bits per heavy atom. The summed E-state index contributed by atoms with van der Waals surface area (Å²) >= 11 is 0. The average molecular weight is 719 g/mol. The number of non-ortho nitro benzene ring substituents is 1. The van der Waals surface area contributed by atoms with Crippen molar-refractivity contribution in [3.05, 3.63) is 170 Å². The largest absolute Gasteiger partial charge is 0.456 e. The number of esters is 3. The lowest BCUT2D eigenvalue weighted by Gasteiger charge is -2.27. The predicted molar refractivity (Wildman–Crippen MR) is 186 cm³/mol. The van der Waals surface area contributed by atoms with Crippen molar-refractivity contribution in [2.75, 3.05) is 5.32 Å². The third kappa shape index (κ3) is 8.32. The molecular weight excluding hydrogens is 688 g/mol. The molecule has 268 valence electrons. The Morgan fingerprint density at radius 1 is 0.736 bits per heavy atom. The molecule has 5 aromatic rings. The van der Waals surface area contributed by atoms with Gasteiger partial charge < -0.3 is 24.3 Å². The molecule has 0 bridgehead atoms. The molecule has 15 heteroatoms. The van der Waals surface area contributed by atoms with Gasteiger partial charge in [0.15, 0.2) is 18.4 Å². The fourth-order valence-corrected chi connectivity index (χ4v) is 5.54. The number of hydrogen-bond donors (Lipinski definition) is 1. The molecule has 2 heterocycles. The summed E-state index contributed by atoms with van der Waals surface area (Å²) in [5, 5.41) is 13.7. The minimum atomic E-state index is -1.51. The number of nitrogens with one attached hydrogen (secondary N) is 1. The maximum Gasteiger partial charge on any atom is 0.351 e. The number of hydrogen-bond acceptors (Lipinski definition) is 12. The van der Waals surface area contributed by atoms with Crippen LogP contribution in [0.3, 0.4) is 0 Å². The van der Waals surface area contributed by atoms with Gasteiger partial charge in [-0.05, 0) is 61.5 Å². The lowest BCUT2D eigenvalue weighted by atomic mass is 10.0. The first-order valence-electron chi connectivity index (χ1n) is 16.2. The SMILES string of the molecule is CC(OC(=O)c1ccc([N+](=O)[O-])cc1)[C@H]1O[C@@H](n2ccc(NC(=O)c3ccccc3)nc2=O)[C@H](OC(=O)c2ccccc2)[C@@H]1OC(=O)c1ccccc1. The normalized spacial score (nSPS) is 18.3. The number of rotatable bonds is 11. The number of carbonyl (C=O) groups is 4. The summed E-state index contributed by atoms with van der Waals surface area (Å²) in [6, 6.07) is 30.2. The predicted octanol–water partition coefficient (Wildman–Crippen LogP) is 5.00. The smallest absolute Gasteiger partial charge is 0.351 e. The summed E-state index contributed by atoms with van der Waals surface area (Å²) in [5.74, 6) is -3.15. The van der Waals surface area contributed by atoms with Crippen molar-refractivity contribution >= 4 is 35.3 Å². The molecule has 6 rings (SSSR count). The molecule has 4 aromatic carbocycles. The van der Waals surface area contributed by atoms with Gasteiger partial charge >= 0.3 is 23.6 Å². The van der Waals surface area contributed by atoms with Gasteiger partial charge in [-0.1, -0.05) is 54.6 Å². The monoisotopic (exact) mass is 718 g/mol. The highest BCUT2D eigenvalue weighted by Crippen LogP contribution is 2.37. The lowest BCUT2D eigenvalue weighted by Crippen LogP contribution is -2.44. The van der Waals surface area contributed by atoms with Crippen LogP contribution in [0.25, 0.3) is 0 Å². The van der Waals surface area contributed by atoms with Gasteiger partial charge in [0.2, 0.25) is 0 Å². The number of carbonyl (C=O) groups excluding carboxylic acids is 4. The Labute approximate surface area is 300 Å². The Balaban J connectivity index is 1.35. The highest BCUT2D eigenvalue weighted by Gasteiger charge is 2.54. The van der Waals surface area contributed by atoms with Crippen LogP contribution < -0.4 is 11.0 Å². The van der Waals surface area contributed by atoms with E-state index in [0.717, 1.165) is 16.7 Å². The molecule has 0 radical (unpaired) electrons. The second kappa shape index (κ2) is 15.9. The number of amides is 1. The molecule has 53 heavy (non-hydrogen) atoms. The Morgan fingerprint density at radius 2 is 1.25 bits per heavy atom. The summed E-state index contributed by atoms with van der Waals surface area (Å²) in [4.78, 5) is 80.9. The summed E-state index contributed by atoms with van der Waals surface area (Å²) < 4.78 is 24.8. The molecule has 0 spiro atoms. The molecule has 5 atom stereocenters. The first-order chi connectivity index (χ1) is 25.6. The molecule has 1 amide bonds. The van der Waals surface area contributed by atoms with Crippen LogP contribution >= 0.6 is 0 Å². The van der Waals surface area contributed by atoms with Crippen LogP contribution in [-0.4, -0.2) is 62.7 Å². The van der Waals surface area contributed by atoms with E-state index in [9.17, 15) is 34.1 Å². The molecule has 0 saturated carbocycles. The van der Waals surface area contributed by atoms with Crippen LogP contribution in [-0.2, 0) is 18.9 Å². The van der Waals surface area contributed by atoms with Crippen LogP contribution in [0.4, 0.5) is 11.5 Å². The maximum atomic E-state index is 13.6. The van der Waals surface area contributed by atoms with Gasteiger partial charge in [-0.15, -0.1) is 0 Å². The van der Waals surface area contributed by atoms with Gasteiger partial charge in [0.05, 0.1) is 21.6 Å². The number of benzene rings is 4. The maximum absolute atomic E-state index is 13.6. The Bertz CT molecular complexity index is 2180. The number of nitro benzene ring substituents is 1. The van der Waals surface area contributed by atoms with E-state index in [4.69, 9.17) is 18.9 Å². The lowest BCUT2D eigenvalue weighted by molar-refractivity contribution is -0.384. The van der Waals surface area contributed by atoms with Crippen molar-refractivity contribution in [3.63, 3.8) is 0 Å². The zero-order valence-corrected chi connectivity index (χ0v) is 27.8. The van der Waals surface area contributed by atoms with Crippen LogP contribution in [0.1, 0.15) is 54.6 Å². The number of nitrogens with zero attached hydrogens (tertiary/aromatic N) is 3. The van der Waals surface area contributed by atoms with Crippen molar-refractivity contribution < 1.29 is 43.0 Å². The summed E-state index contributed by atoms with van der Waals surface area (Å²) in [6.07, 6.45) is -5.76. The number of aromatic nitrogens is 2. The summed E-state index contributed by atoms with van der Waals surface area (Å²) in [5.41, 5.74) is -0.562. The highest BCUT2D eigenvalue weighted by atomic mass is 16.7. The van der Waals surface area contributed by atoms with Crippen LogP contribution in [0.2, 0.25) is 0 Å². The van der Waals surface area contributed by atoms with Gasteiger partial charge in [0.1, 0.15) is 18.0 Å². The van der Waals surface area contributed by atoms with E-state index in [1.807, 2.05) is 0 Å². The summed E-state index contributed by atoms with van der Waals surface area (Å²) in [6.45, 7) is 1.44. The third-order valence-electron chi connectivity index (χ3n) is 8.18. The molecular formula is C38H30N4O11. The van der Waals surface area contributed by atoms with Gasteiger partial charge in [-0.25, -0.2) is 19.2 Å². The number of anilines is 1. The van der Waals surface area contributed by atoms with E-state index >= 15 is 0 Å². The van der Waals surface area contributed by atoms with Crippen molar-refractivity contribution in [2.24, 2.45) is 0 Å². The molecule has 1 aliphatic rings. The zero-order chi connectivity index (χ0) is 37.5. The van der Waals surface area contributed by atoms with Crippen molar-refractivity contribution in [1.29, 1.82) is 0 Å². The zero-order valence-electron chi connectivity index (χ0n) is 27.8. The van der Waals surface area contributed by atoms with Gasteiger partial charge in [-0.3, -0.25) is 19.5 Å². The molecule has 1 saturated heterocycles. The van der Waals surface area contributed by atoms with Gasteiger partial charge in [-0.2, -0.15) is 4.98 Å².